The van der Waals surface area contributed by atoms with Crippen LogP contribution in [0.1, 0.15) is 30.9 Å². The number of piperazine rings is 1. The number of rotatable bonds is 3. The Morgan fingerprint density at radius 2 is 1.81 bits per heavy atom. The predicted octanol–water partition coefficient (Wildman–Crippen LogP) is 2.92. The van der Waals surface area contributed by atoms with Crippen LogP contribution in [0.4, 0.5) is 18.9 Å². The highest BCUT2D eigenvalue weighted by Crippen LogP contribution is 2.37. The number of benzene rings is 1. The number of amides is 1. The Balaban J connectivity index is 1.69. The number of piperidine rings is 1. The lowest BCUT2D eigenvalue weighted by Gasteiger charge is -2.39. The Kier molecular flexibility index (Phi) is 5.75. The van der Waals surface area contributed by atoms with E-state index in [1.54, 1.807) is 17.0 Å². The molecule has 1 N–H and O–H groups in total. The Labute approximate surface area is 152 Å². The molecular weight excluding hydrogens is 343 g/mol. The lowest BCUT2D eigenvalue weighted by molar-refractivity contribution is -0.138. The van der Waals surface area contributed by atoms with Gasteiger partial charge in [-0.1, -0.05) is 13.0 Å². The summed E-state index contributed by atoms with van der Waals surface area (Å²) < 4.78 is 40.4. The first-order valence-electron chi connectivity index (χ1n) is 9.34. The van der Waals surface area contributed by atoms with Crippen LogP contribution in [-0.2, 0) is 17.4 Å². The summed E-state index contributed by atoms with van der Waals surface area (Å²) in [6, 6.07) is 4.59. The molecule has 2 saturated heterocycles. The molecule has 0 radical (unpaired) electrons. The van der Waals surface area contributed by atoms with E-state index < -0.39 is 11.7 Å². The molecule has 2 heterocycles. The van der Waals surface area contributed by atoms with Gasteiger partial charge in [-0.15, -0.1) is 0 Å². The maximum absolute atomic E-state index is 13.5. The summed E-state index contributed by atoms with van der Waals surface area (Å²) in [5, 5.41) is 3.25. The predicted molar refractivity (Wildman–Crippen MR) is 95.2 cm³/mol. The van der Waals surface area contributed by atoms with Crippen molar-refractivity contribution < 1.29 is 18.0 Å². The molecule has 1 amide bonds. The molecule has 0 saturated carbocycles. The fourth-order valence-electron chi connectivity index (χ4n) is 3.80. The number of nitrogens with zero attached hydrogens (tertiary/aromatic N) is 2. The molecule has 7 heteroatoms. The summed E-state index contributed by atoms with van der Waals surface area (Å²) in [6.07, 6.45) is -2.12. The van der Waals surface area contributed by atoms with Crippen molar-refractivity contribution in [3.63, 3.8) is 0 Å². The zero-order valence-electron chi connectivity index (χ0n) is 15.1. The Morgan fingerprint density at radius 1 is 1.15 bits per heavy atom. The molecule has 144 valence electrons. The summed E-state index contributed by atoms with van der Waals surface area (Å²) >= 11 is 0. The topological polar surface area (TPSA) is 35.6 Å². The summed E-state index contributed by atoms with van der Waals surface area (Å²) in [6.45, 7) is 5.40. The van der Waals surface area contributed by atoms with Crippen LogP contribution in [0.5, 0.6) is 0 Å². The molecule has 4 nitrogen and oxygen atoms in total. The molecule has 2 fully saturated rings. The van der Waals surface area contributed by atoms with Crippen LogP contribution < -0.4 is 10.2 Å². The van der Waals surface area contributed by atoms with Gasteiger partial charge < -0.3 is 15.1 Å². The van der Waals surface area contributed by atoms with Crippen LogP contribution >= 0.6 is 0 Å². The standard InChI is InChI=1S/C19H26F3N3O/c1-2-14-3-4-17(16(13-14)19(20,21)22)24-9-11-25(12-10-24)18(26)15-5-7-23-8-6-15/h3-4,13,15,23H,2,5-12H2,1H3. The lowest BCUT2D eigenvalue weighted by atomic mass is 9.96. The minimum Gasteiger partial charge on any atom is -0.367 e. The average Bonchev–Trinajstić information content (AvgIpc) is 2.67. The first-order valence-corrected chi connectivity index (χ1v) is 9.34. The monoisotopic (exact) mass is 369 g/mol. The smallest absolute Gasteiger partial charge is 0.367 e. The van der Waals surface area contributed by atoms with Crippen molar-refractivity contribution in [1.29, 1.82) is 0 Å². The summed E-state index contributed by atoms with van der Waals surface area (Å²) in [4.78, 5) is 16.2. The largest absolute Gasteiger partial charge is 0.418 e. The first kappa shape index (κ1) is 19.0. The van der Waals surface area contributed by atoms with E-state index >= 15 is 0 Å². The van der Waals surface area contributed by atoms with Crippen LogP contribution in [0.15, 0.2) is 18.2 Å². The molecule has 26 heavy (non-hydrogen) atoms. The first-order chi connectivity index (χ1) is 12.4. The van der Waals surface area contributed by atoms with Crippen molar-refractivity contribution in [2.45, 2.75) is 32.4 Å². The summed E-state index contributed by atoms with van der Waals surface area (Å²) in [5.74, 6) is 0.209. The van der Waals surface area contributed by atoms with Crippen molar-refractivity contribution in [1.82, 2.24) is 10.2 Å². The third kappa shape index (κ3) is 4.14. The summed E-state index contributed by atoms with van der Waals surface area (Å²) in [7, 11) is 0. The molecule has 0 spiro atoms. The number of halogens is 3. The molecule has 0 bridgehead atoms. The molecule has 0 aliphatic carbocycles. The van der Waals surface area contributed by atoms with Crippen molar-refractivity contribution in [2.24, 2.45) is 5.92 Å². The highest BCUT2D eigenvalue weighted by molar-refractivity contribution is 5.79. The van der Waals surface area contributed by atoms with Gasteiger partial charge in [0.25, 0.3) is 0 Å². The van der Waals surface area contributed by atoms with Gasteiger partial charge in [0, 0.05) is 37.8 Å². The number of alkyl halides is 3. The molecule has 0 aromatic heterocycles. The van der Waals surface area contributed by atoms with Gasteiger partial charge in [-0.25, -0.2) is 0 Å². The van der Waals surface area contributed by atoms with Gasteiger partial charge in [0.1, 0.15) is 0 Å². The van der Waals surface area contributed by atoms with E-state index in [-0.39, 0.29) is 17.5 Å². The average molecular weight is 369 g/mol. The number of nitrogens with one attached hydrogen (secondary N) is 1. The Hall–Kier alpha value is -1.76. The maximum Gasteiger partial charge on any atom is 0.418 e. The SMILES string of the molecule is CCc1ccc(N2CCN(C(=O)C3CCNCC3)CC2)c(C(F)(F)F)c1. The van der Waals surface area contributed by atoms with Crippen LogP contribution in [0.2, 0.25) is 0 Å². The highest BCUT2D eigenvalue weighted by Gasteiger charge is 2.36. The minimum atomic E-state index is -4.37. The van der Waals surface area contributed by atoms with Crippen LogP contribution in [0, 0.1) is 5.92 Å². The van der Waals surface area contributed by atoms with Gasteiger partial charge in [0.05, 0.1) is 5.56 Å². The van der Waals surface area contributed by atoms with Gasteiger partial charge in [-0.3, -0.25) is 4.79 Å². The number of hydrogen-bond donors (Lipinski definition) is 1. The van der Waals surface area contributed by atoms with E-state index in [1.807, 2.05) is 11.8 Å². The van der Waals surface area contributed by atoms with E-state index in [0.29, 0.717) is 38.2 Å². The minimum absolute atomic E-state index is 0.0531. The summed E-state index contributed by atoms with van der Waals surface area (Å²) in [5.41, 5.74) is 0.333. The van der Waals surface area contributed by atoms with Gasteiger partial charge in [-0.2, -0.15) is 13.2 Å². The van der Waals surface area contributed by atoms with Gasteiger partial charge in [0.15, 0.2) is 0 Å². The zero-order chi connectivity index (χ0) is 18.7. The van der Waals surface area contributed by atoms with Gasteiger partial charge in [0.2, 0.25) is 5.91 Å². The van der Waals surface area contributed by atoms with E-state index in [4.69, 9.17) is 0 Å². The second-order valence-corrected chi connectivity index (χ2v) is 7.04. The Bertz CT molecular complexity index is 633. The number of aryl methyl sites for hydroxylation is 1. The number of carbonyl (C=O) groups is 1. The van der Waals surface area contributed by atoms with Crippen molar-refractivity contribution in [3.05, 3.63) is 29.3 Å². The van der Waals surface area contributed by atoms with Crippen molar-refractivity contribution in [2.75, 3.05) is 44.2 Å². The van der Waals surface area contributed by atoms with E-state index in [2.05, 4.69) is 5.32 Å². The second kappa shape index (κ2) is 7.86. The quantitative estimate of drug-likeness (QED) is 0.890. The molecule has 2 aliphatic rings. The highest BCUT2D eigenvalue weighted by atomic mass is 19.4. The van der Waals surface area contributed by atoms with Gasteiger partial charge >= 0.3 is 6.18 Å². The van der Waals surface area contributed by atoms with Crippen molar-refractivity contribution >= 4 is 11.6 Å². The number of anilines is 1. The maximum atomic E-state index is 13.5. The van der Waals surface area contributed by atoms with E-state index in [9.17, 15) is 18.0 Å². The molecule has 0 unspecified atom stereocenters. The second-order valence-electron chi connectivity index (χ2n) is 7.04. The fraction of sp³-hybridized carbons (Fsp3) is 0.632. The van der Waals surface area contributed by atoms with Crippen LogP contribution in [-0.4, -0.2) is 50.1 Å². The molecule has 2 aliphatic heterocycles. The fourth-order valence-corrected chi connectivity index (χ4v) is 3.80. The molecule has 1 aromatic carbocycles. The number of carbonyl (C=O) groups excluding carboxylic acids is 1. The Morgan fingerprint density at radius 3 is 2.38 bits per heavy atom. The third-order valence-corrected chi connectivity index (χ3v) is 5.40. The van der Waals surface area contributed by atoms with Crippen molar-refractivity contribution in [3.8, 4) is 0 Å². The van der Waals surface area contributed by atoms with E-state index in [1.165, 1.54) is 6.07 Å². The zero-order valence-corrected chi connectivity index (χ0v) is 15.1. The van der Waals surface area contributed by atoms with Gasteiger partial charge in [-0.05, 0) is 50.0 Å². The number of hydrogen-bond acceptors (Lipinski definition) is 3. The van der Waals surface area contributed by atoms with E-state index in [0.717, 1.165) is 25.9 Å². The molecule has 0 atom stereocenters. The van der Waals surface area contributed by atoms with Crippen LogP contribution in [0.3, 0.4) is 0 Å². The van der Waals surface area contributed by atoms with Crippen LogP contribution in [0.25, 0.3) is 0 Å². The molecule has 3 rings (SSSR count). The normalized spacial score (nSPS) is 19.7. The third-order valence-electron chi connectivity index (χ3n) is 5.40. The molecule has 1 aromatic rings. The molecular formula is C19H26F3N3O. The lowest BCUT2D eigenvalue weighted by Crippen LogP contribution is -2.51.